The summed E-state index contributed by atoms with van der Waals surface area (Å²) in [5.74, 6) is 0. The molecule has 0 saturated carbocycles. The van der Waals surface area contributed by atoms with Crippen LogP contribution in [0.15, 0.2) is 29.2 Å². The van der Waals surface area contributed by atoms with E-state index >= 15 is 0 Å². The Morgan fingerprint density at radius 2 is 1.89 bits per heavy atom. The lowest BCUT2D eigenvalue weighted by Gasteiger charge is -2.19. The summed E-state index contributed by atoms with van der Waals surface area (Å²) in [6.45, 7) is 3.87. The number of benzene rings is 1. The van der Waals surface area contributed by atoms with Gasteiger partial charge in [0.1, 0.15) is 0 Å². The van der Waals surface area contributed by atoms with Gasteiger partial charge in [-0.05, 0) is 31.0 Å². The van der Waals surface area contributed by atoms with E-state index in [4.69, 9.17) is 10.5 Å². The highest BCUT2D eigenvalue weighted by Gasteiger charge is 2.25. The van der Waals surface area contributed by atoms with E-state index in [1.165, 1.54) is 4.31 Å². The van der Waals surface area contributed by atoms with Gasteiger partial charge in [0.05, 0.1) is 11.5 Å². The molecule has 1 aromatic rings. The molecule has 1 saturated heterocycles. The molecule has 1 atom stereocenters. The second-order valence-corrected chi connectivity index (χ2v) is 6.67. The largest absolute Gasteiger partial charge is 0.380 e. The molecule has 1 aliphatic rings. The van der Waals surface area contributed by atoms with Crippen molar-refractivity contribution >= 4 is 10.0 Å². The number of ether oxygens (including phenoxy) is 1. The van der Waals surface area contributed by atoms with E-state index in [0.29, 0.717) is 31.2 Å². The molecule has 19 heavy (non-hydrogen) atoms. The maximum Gasteiger partial charge on any atom is 0.243 e. The molecule has 106 valence electrons. The van der Waals surface area contributed by atoms with Crippen LogP contribution in [-0.4, -0.2) is 39.0 Å². The number of nitrogens with two attached hydrogens (primary N) is 1. The maximum atomic E-state index is 12.5. The van der Waals surface area contributed by atoms with Crippen LogP contribution in [0, 0.1) is 0 Å². The minimum Gasteiger partial charge on any atom is -0.380 e. The van der Waals surface area contributed by atoms with Crippen LogP contribution >= 0.6 is 0 Å². The molecule has 0 aliphatic carbocycles. The summed E-state index contributed by atoms with van der Waals surface area (Å²) in [6, 6.07) is 6.69. The van der Waals surface area contributed by atoms with E-state index in [-0.39, 0.29) is 6.04 Å². The summed E-state index contributed by atoms with van der Waals surface area (Å²) >= 11 is 0. The Morgan fingerprint density at radius 3 is 2.53 bits per heavy atom. The second kappa shape index (κ2) is 6.00. The predicted molar refractivity (Wildman–Crippen MR) is 73.2 cm³/mol. The van der Waals surface area contributed by atoms with Crippen molar-refractivity contribution in [2.24, 2.45) is 5.73 Å². The van der Waals surface area contributed by atoms with Crippen LogP contribution in [0.2, 0.25) is 0 Å². The maximum absolute atomic E-state index is 12.5. The van der Waals surface area contributed by atoms with Crippen LogP contribution in [0.5, 0.6) is 0 Å². The molecule has 0 amide bonds. The standard InChI is InChI=1S/C13H20N2O3S/c1-11(14)12-3-5-13(6-4-12)19(16,17)15-7-2-9-18-10-8-15/h3-6,11H,2,7-10,14H2,1H3. The molecule has 6 heteroatoms. The van der Waals surface area contributed by atoms with Gasteiger partial charge >= 0.3 is 0 Å². The van der Waals surface area contributed by atoms with Gasteiger partial charge < -0.3 is 10.5 Å². The highest BCUT2D eigenvalue weighted by atomic mass is 32.2. The van der Waals surface area contributed by atoms with Crippen molar-refractivity contribution in [2.45, 2.75) is 24.3 Å². The Hall–Kier alpha value is -0.950. The molecular weight excluding hydrogens is 264 g/mol. The second-order valence-electron chi connectivity index (χ2n) is 4.73. The predicted octanol–water partition coefficient (Wildman–Crippen LogP) is 1.12. The van der Waals surface area contributed by atoms with Gasteiger partial charge in [0.15, 0.2) is 0 Å². The summed E-state index contributed by atoms with van der Waals surface area (Å²) in [7, 11) is -3.42. The van der Waals surface area contributed by atoms with Crippen molar-refractivity contribution in [1.82, 2.24) is 4.31 Å². The molecular formula is C13H20N2O3S. The normalized spacial score (nSPS) is 19.9. The fourth-order valence-electron chi connectivity index (χ4n) is 2.06. The van der Waals surface area contributed by atoms with E-state index in [1.54, 1.807) is 24.3 Å². The Bertz CT molecular complexity index is 503. The number of hydrogen-bond acceptors (Lipinski definition) is 4. The molecule has 0 spiro atoms. The molecule has 0 radical (unpaired) electrons. The Morgan fingerprint density at radius 1 is 1.21 bits per heavy atom. The smallest absolute Gasteiger partial charge is 0.243 e. The zero-order valence-corrected chi connectivity index (χ0v) is 11.9. The van der Waals surface area contributed by atoms with Crippen molar-refractivity contribution in [3.8, 4) is 0 Å². The first-order valence-corrected chi connectivity index (χ1v) is 7.89. The van der Waals surface area contributed by atoms with Gasteiger partial charge in [-0.2, -0.15) is 4.31 Å². The van der Waals surface area contributed by atoms with Crippen molar-refractivity contribution in [1.29, 1.82) is 0 Å². The summed E-state index contributed by atoms with van der Waals surface area (Å²) in [5, 5.41) is 0. The Balaban J connectivity index is 2.23. The van der Waals surface area contributed by atoms with Crippen LogP contribution in [0.3, 0.4) is 0 Å². The lowest BCUT2D eigenvalue weighted by Crippen LogP contribution is -2.33. The van der Waals surface area contributed by atoms with Gasteiger partial charge in [0, 0.05) is 25.7 Å². The van der Waals surface area contributed by atoms with Crippen LogP contribution < -0.4 is 5.73 Å². The van der Waals surface area contributed by atoms with Gasteiger partial charge in [-0.3, -0.25) is 0 Å². The highest BCUT2D eigenvalue weighted by Crippen LogP contribution is 2.19. The minimum absolute atomic E-state index is 0.0941. The first kappa shape index (κ1) is 14.5. The van der Waals surface area contributed by atoms with E-state index in [1.807, 2.05) is 6.92 Å². The Labute approximate surface area is 114 Å². The number of rotatable bonds is 3. The SMILES string of the molecule is CC(N)c1ccc(S(=O)(=O)N2CCCOCC2)cc1. The summed E-state index contributed by atoms with van der Waals surface area (Å²) in [5.41, 5.74) is 6.69. The van der Waals surface area contributed by atoms with Crippen LogP contribution in [0.4, 0.5) is 0 Å². The van der Waals surface area contributed by atoms with E-state index in [2.05, 4.69) is 0 Å². The highest BCUT2D eigenvalue weighted by molar-refractivity contribution is 7.89. The van der Waals surface area contributed by atoms with E-state index in [9.17, 15) is 8.42 Å². The molecule has 2 N–H and O–H groups in total. The van der Waals surface area contributed by atoms with Crippen molar-refractivity contribution in [3.63, 3.8) is 0 Å². The van der Waals surface area contributed by atoms with E-state index < -0.39 is 10.0 Å². The summed E-state index contributed by atoms with van der Waals surface area (Å²) < 4.78 is 31.7. The molecule has 1 heterocycles. The Kier molecular flexibility index (Phi) is 4.57. The zero-order chi connectivity index (χ0) is 13.9. The van der Waals surface area contributed by atoms with Gasteiger partial charge in [-0.25, -0.2) is 8.42 Å². The third-order valence-corrected chi connectivity index (χ3v) is 5.14. The minimum atomic E-state index is -3.42. The molecule has 1 aromatic carbocycles. The number of nitrogens with zero attached hydrogens (tertiary/aromatic N) is 1. The van der Waals surface area contributed by atoms with Crippen molar-refractivity contribution in [2.75, 3.05) is 26.3 Å². The van der Waals surface area contributed by atoms with Crippen LogP contribution in [-0.2, 0) is 14.8 Å². The molecule has 1 fully saturated rings. The number of hydrogen-bond donors (Lipinski definition) is 1. The molecule has 1 unspecified atom stereocenters. The zero-order valence-electron chi connectivity index (χ0n) is 11.1. The molecule has 2 rings (SSSR count). The fourth-order valence-corrected chi connectivity index (χ4v) is 3.52. The van der Waals surface area contributed by atoms with Crippen LogP contribution in [0.1, 0.15) is 24.9 Å². The third kappa shape index (κ3) is 3.33. The van der Waals surface area contributed by atoms with Gasteiger partial charge in [-0.15, -0.1) is 0 Å². The lowest BCUT2D eigenvalue weighted by molar-refractivity contribution is 0.148. The molecule has 0 bridgehead atoms. The molecule has 1 aliphatic heterocycles. The fraction of sp³-hybridized carbons (Fsp3) is 0.538. The van der Waals surface area contributed by atoms with Gasteiger partial charge in [0.25, 0.3) is 0 Å². The van der Waals surface area contributed by atoms with E-state index in [0.717, 1.165) is 12.0 Å². The number of sulfonamides is 1. The monoisotopic (exact) mass is 284 g/mol. The van der Waals surface area contributed by atoms with Crippen LogP contribution in [0.25, 0.3) is 0 Å². The quantitative estimate of drug-likeness (QED) is 0.902. The van der Waals surface area contributed by atoms with Crippen molar-refractivity contribution in [3.05, 3.63) is 29.8 Å². The van der Waals surface area contributed by atoms with Gasteiger partial charge in [0.2, 0.25) is 10.0 Å². The molecule has 0 aromatic heterocycles. The molecule has 5 nitrogen and oxygen atoms in total. The third-order valence-electron chi connectivity index (χ3n) is 3.22. The van der Waals surface area contributed by atoms with Gasteiger partial charge in [-0.1, -0.05) is 12.1 Å². The average Bonchev–Trinajstić information content (AvgIpc) is 2.68. The van der Waals surface area contributed by atoms with Crippen molar-refractivity contribution < 1.29 is 13.2 Å². The topological polar surface area (TPSA) is 72.6 Å². The summed E-state index contributed by atoms with van der Waals surface area (Å²) in [6.07, 6.45) is 0.733. The lowest BCUT2D eigenvalue weighted by atomic mass is 10.1. The average molecular weight is 284 g/mol. The first-order valence-electron chi connectivity index (χ1n) is 6.45. The first-order chi connectivity index (χ1) is 9.01. The summed E-state index contributed by atoms with van der Waals surface area (Å²) in [4.78, 5) is 0.318.